The molecule has 1 fully saturated rings. The highest BCUT2D eigenvalue weighted by molar-refractivity contribution is 7.10. The molecule has 0 aliphatic carbocycles. The minimum atomic E-state index is 0.226. The number of carbonyl (C=O) groups is 1. The van der Waals surface area contributed by atoms with Crippen molar-refractivity contribution in [2.24, 2.45) is 5.41 Å². The zero-order valence-electron chi connectivity index (χ0n) is 11.7. The van der Waals surface area contributed by atoms with E-state index >= 15 is 0 Å². The number of hydrogen-bond acceptors (Lipinski definition) is 2. The van der Waals surface area contributed by atoms with Gasteiger partial charge in [0.05, 0.1) is 5.56 Å². The van der Waals surface area contributed by atoms with Gasteiger partial charge >= 0.3 is 0 Å². The Kier molecular flexibility index (Phi) is 4.10. The quantitative estimate of drug-likeness (QED) is 0.792. The number of likely N-dealkylation sites (tertiary alicyclic amines) is 1. The Balaban J connectivity index is 2.05. The zero-order chi connectivity index (χ0) is 13.2. The Morgan fingerprint density at radius 3 is 2.83 bits per heavy atom. The Hall–Kier alpha value is -0.830. The molecule has 2 heterocycles. The molecule has 1 aliphatic heterocycles. The summed E-state index contributed by atoms with van der Waals surface area (Å²) in [6.45, 7) is 8.57. The van der Waals surface area contributed by atoms with Crippen molar-refractivity contribution in [1.29, 1.82) is 0 Å². The summed E-state index contributed by atoms with van der Waals surface area (Å²) in [6, 6.07) is 2.06. The monoisotopic (exact) mass is 265 g/mol. The standard InChI is InChI=1S/C15H23NOS/c1-4-13-10-12(11-18-13)14(17)16-8-5-6-15(2,3)7-9-16/h10-11H,4-9H2,1-3H3. The Morgan fingerprint density at radius 2 is 2.17 bits per heavy atom. The van der Waals surface area contributed by atoms with Gasteiger partial charge in [-0.2, -0.15) is 0 Å². The molecule has 0 unspecified atom stereocenters. The maximum atomic E-state index is 12.4. The van der Waals surface area contributed by atoms with E-state index in [-0.39, 0.29) is 5.91 Å². The number of nitrogens with zero attached hydrogens (tertiary/aromatic N) is 1. The zero-order valence-corrected chi connectivity index (χ0v) is 12.5. The normalized spacial score (nSPS) is 19.6. The second-order valence-corrected chi connectivity index (χ2v) is 6.96. The lowest BCUT2D eigenvalue weighted by Crippen LogP contribution is -2.32. The van der Waals surface area contributed by atoms with Crippen molar-refractivity contribution < 1.29 is 4.79 Å². The van der Waals surface area contributed by atoms with Crippen molar-refractivity contribution in [1.82, 2.24) is 4.90 Å². The third kappa shape index (κ3) is 3.14. The van der Waals surface area contributed by atoms with Gasteiger partial charge in [-0.05, 0) is 37.2 Å². The summed E-state index contributed by atoms with van der Waals surface area (Å²) in [7, 11) is 0. The summed E-state index contributed by atoms with van der Waals surface area (Å²) in [4.78, 5) is 15.8. The molecule has 3 heteroatoms. The molecule has 0 atom stereocenters. The van der Waals surface area contributed by atoms with Crippen LogP contribution in [0.5, 0.6) is 0 Å². The van der Waals surface area contributed by atoms with Crippen LogP contribution in [0.3, 0.4) is 0 Å². The molecule has 0 saturated carbocycles. The van der Waals surface area contributed by atoms with Crippen LogP contribution in [0, 0.1) is 5.41 Å². The molecule has 1 aromatic rings. The first kappa shape index (κ1) is 13.6. The molecule has 0 aromatic carbocycles. The second-order valence-electron chi connectivity index (χ2n) is 5.97. The van der Waals surface area contributed by atoms with Gasteiger partial charge in [0, 0.05) is 23.3 Å². The van der Waals surface area contributed by atoms with E-state index in [1.807, 2.05) is 10.3 Å². The van der Waals surface area contributed by atoms with Crippen molar-refractivity contribution in [3.63, 3.8) is 0 Å². The largest absolute Gasteiger partial charge is 0.339 e. The highest BCUT2D eigenvalue weighted by Crippen LogP contribution is 2.30. The van der Waals surface area contributed by atoms with E-state index in [0.717, 1.165) is 37.9 Å². The van der Waals surface area contributed by atoms with Gasteiger partial charge in [-0.3, -0.25) is 4.79 Å². The Labute approximate surface area is 114 Å². The molecule has 2 rings (SSSR count). The van der Waals surface area contributed by atoms with Crippen LogP contribution in [-0.2, 0) is 6.42 Å². The molecule has 1 aromatic heterocycles. The number of thiophene rings is 1. The first-order valence-corrected chi connectivity index (χ1v) is 7.76. The average Bonchev–Trinajstić information content (AvgIpc) is 2.74. The fraction of sp³-hybridized carbons (Fsp3) is 0.667. The van der Waals surface area contributed by atoms with Gasteiger partial charge in [-0.25, -0.2) is 0 Å². The fourth-order valence-corrected chi connectivity index (χ4v) is 3.30. The number of hydrogen-bond donors (Lipinski definition) is 0. The topological polar surface area (TPSA) is 20.3 Å². The van der Waals surface area contributed by atoms with Crippen molar-refractivity contribution in [3.8, 4) is 0 Å². The van der Waals surface area contributed by atoms with Gasteiger partial charge in [0.2, 0.25) is 0 Å². The predicted octanol–water partition coefficient (Wildman–Crippen LogP) is 3.96. The van der Waals surface area contributed by atoms with Gasteiger partial charge < -0.3 is 4.90 Å². The Bertz CT molecular complexity index is 422. The molecular weight excluding hydrogens is 242 g/mol. The van der Waals surface area contributed by atoms with E-state index in [1.165, 1.54) is 11.3 Å². The van der Waals surface area contributed by atoms with Crippen LogP contribution in [-0.4, -0.2) is 23.9 Å². The van der Waals surface area contributed by atoms with Crippen LogP contribution in [0.1, 0.15) is 55.3 Å². The number of rotatable bonds is 2. The van der Waals surface area contributed by atoms with E-state index in [0.29, 0.717) is 5.41 Å². The first-order valence-electron chi connectivity index (χ1n) is 6.88. The maximum Gasteiger partial charge on any atom is 0.254 e. The fourth-order valence-electron chi connectivity index (χ4n) is 2.49. The molecule has 1 amide bonds. The lowest BCUT2D eigenvalue weighted by molar-refractivity contribution is 0.0758. The van der Waals surface area contributed by atoms with Gasteiger partial charge in [-0.15, -0.1) is 11.3 Å². The molecule has 0 spiro atoms. The van der Waals surface area contributed by atoms with Crippen molar-refractivity contribution in [2.75, 3.05) is 13.1 Å². The predicted molar refractivity (Wildman–Crippen MR) is 77.2 cm³/mol. The molecular formula is C15H23NOS. The summed E-state index contributed by atoms with van der Waals surface area (Å²) in [6.07, 6.45) is 4.48. The van der Waals surface area contributed by atoms with Gasteiger partial charge in [0.25, 0.3) is 5.91 Å². The number of amides is 1. The van der Waals surface area contributed by atoms with Crippen LogP contribution < -0.4 is 0 Å². The highest BCUT2D eigenvalue weighted by atomic mass is 32.1. The van der Waals surface area contributed by atoms with Crippen molar-refractivity contribution in [2.45, 2.75) is 46.5 Å². The molecule has 100 valence electrons. The van der Waals surface area contributed by atoms with Gasteiger partial charge in [0.1, 0.15) is 0 Å². The average molecular weight is 265 g/mol. The summed E-state index contributed by atoms with van der Waals surface area (Å²) >= 11 is 1.70. The van der Waals surface area contributed by atoms with E-state index in [4.69, 9.17) is 0 Å². The number of carbonyl (C=O) groups excluding carboxylic acids is 1. The first-order chi connectivity index (χ1) is 8.52. The summed E-state index contributed by atoms with van der Waals surface area (Å²) in [5.41, 5.74) is 1.27. The van der Waals surface area contributed by atoms with Gasteiger partial charge in [0.15, 0.2) is 0 Å². The summed E-state index contributed by atoms with van der Waals surface area (Å²) < 4.78 is 0. The lowest BCUT2D eigenvalue weighted by atomic mass is 9.85. The molecule has 1 aliphatic rings. The van der Waals surface area contributed by atoms with Crippen LogP contribution in [0.4, 0.5) is 0 Å². The third-order valence-electron chi connectivity index (χ3n) is 3.88. The minimum absolute atomic E-state index is 0.226. The van der Waals surface area contributed by atoms with Crippen molar-refractivity contribution in [3.05, 3.63) is 21.9 Å². The molecule has 0 radical (unpaired) electrons. The van der Waals surface area contributed by atoms with E-state index < -0.39 is 0 Å². The molecule has 18 heavy (non-hydrogen) atoms. The Morgan fingerprint density at radius 1 is 1.39 bits per heavy atom. The molecule has 2 nitrogen and oxygen atoms in total. The van der Waals surface area contributed by atoms with Crippen LogP contribution in [0.2, 0.25) is 0 Å². The van der Waals surface area contributed by atoms with Crippen LogP contribution >= 0.6 is 11.3 Å². The molecule has 1 saturated heterocycles. The van der Waals surface area contributed by atoms with Crippen LogP contribution in [0.25, 0.3) is 0 Å². The van der Waals surface area contributed by atoms with Gasteiger partial charge in [-0.1, -0.05) is 20.8 Å². The lowest BCUT2D eigenvalue weighted by Gasteiger charge is -2.23. The van der Waals surface area contributed by atoms with E-state index in [1.54, 1.807) is 11.3 Å². The summed E-state index contributed by atoms with van der Waals surface area (Å²) in [5.74, 6) is 0.226. The second kappa shape index (κ2) is 5.43. The smallest absolute Gasteiger partial charge is 0.254 e. The SMILES string of the molecule is CCc1cc(C(=O)N2CCCC(C)(C)CC2)cs1. The van der Waals surface area contributed by atoms with E-state index in [9.17, 15) is 4.79 Å². The minimum Gasteiger partial charge on any atom is -0.339 e. The van der Waals surface area contributed by atoms with Crippen molar-refractivity contribution >= 4 is 17.2 Å². The summed E-state index contributed by atoms with van der Waals surface area (Å²) in [5, 5.41) is 2.01. The molecule has 0 bridgehead atoms. The maximum absolute atomic E-state index is 12.4. The molecule has 0 N–H and O–H groups in total. The third-order valence-corrected chi connectivity index (χ3v) is 4.96. The number of aryl methyl sites for hydroxylation is 1. The van der Waals surface area contributed by atoms with E-state index in [2.05, 4.69) is 26.8 Å². The van der Waals surface area contributed by atoms with Crippen LogP contribution in [0.15, 0.2) is 11.4 Å². The highest BCUT2D eigenvalue weighted by Gasteiger charge is 2.26.